The fraction of sp³-hybridized carbons (Fsp3) is 0.286. The number of ether oxygens (including phenoxy) is 2. The van der Waals surface area contributed by atoms with Crippen molar-refractivity contribution >= 4 is 29.5 Å². The predicted octanol–water partition coefficient (Wildman–Crippen LogP) is 3.34. The van der Waals surface area contributed by atoms with E-state index in [1.54, 1.807) is 37.3 Å². The van der Waals surface area contributed by atoms with Crippen LogP contribution in [0.3, 0.4) is 0 Å². The van der Waals surface area contributed by atoms with Gasteiger partial charge in [-0.15, -0.1) is 0 Å². The fourth-order valence-electron chi connectivity index (χ4n) is 3.36. The van der Waals surface area contributed by atoms with Crippen molar-refractivity contribution in [1.82, 2.24) is 0 Å². The second kappa shape index (κ2) is 8.17. The quantitative estimate of drug-likeness (QED) is 0.679. The molecule has 0 bridgehead atoms. The average Bonchev–Trinajstić information content (AvgIpc) is 2.71. The minimum absolute atomic E-state index is 0.0213. The molecule has 1 atom stereocenters. The summed E-state index contributed by atoms with van der Waals surface area (Å²) >= 11 is 0. The Morgan fingerprint density at radius 1 is 1.03 bits per heavy atom. The summed E-state index contributed by atoms with van der Waals surface area (Å²) in [4.78, 5) is 38.7. The van der Waals surface area contributed by atoms with Gasteiger partial charge < -0.3 is 14.4 Å². The minimum Gasteiger partial charge on any atom is -0.462 e. The third-order valence-electron chi connectivity index (χ3n) is 4.53. The largest absolute Gasteiger partial charge is 0.462 e. The molecule has 0 N–H and O–H groups in total. The highest BCUT2D eigenvalue weighted by Gasteiger charge is 2.48. The number of ketones is 1. The summed E-state index contributed by atoms with van der Waals surface area (Å²) in [6.07, 6.45) is -1.45. The van der Waals surface area contributed by atoms with E-state index in [1.165, 1.54) is 17.9 Å². The zero-order chi connectivity index (χ0) is 22.1. The van der Waals surface area contributed by atoms with E-state index in [9.17, 15) is 27.6 Å². The number of alkyl halides is 3. The maximum atomic E-state index is 13.3. The first-order valence-corrected chi connectivity index (χ1v) is 9.18. The van der Waals surface area contributed by atoms with Crippen molar-refractivity contribution in [2.75, 3.05) is 18.1 Å². The van der Waals surface area contributed by atoms with Gasteiger partial charge in [0.15, 0.2) is 0 Å². The lowest BCUT2D eigenvalue weighted by Gasteiger charge is -2.40. The van der Waals surface area contributed by atoms with Gasteiger partial charge in [0.2, 0.25) is 0 Å². The van der Waals surface area contributed by atoms with E-state index in [2.05, 4.69) is 0 Å². The molecular formula is C21H18F3NO5. The number of esters is 2. The number of Topliss-reactive ketones (excluding diaryl/α,β-unsaturated/α-hetero) is 1. The standard InChI is InChI=1S/C21H18F3NO5/c1-3-29-19(27)14-11-13(18(26)21(22,23)24)16-10-9-12-7-5-6-8-15(12)25(16)17(14)20(28)30-4-2/h5-11,16H,3-4H2,1-2H3. The van der Waals surface area contributed by atoms with Crippen LogP contribution >= 0.6 is 0 Å². The lowest BCUT2D eigenvalue weighted by molar-refractivity contribution is -0.166. The van der Waals surface area contributed by atoms with Gasteiger partial charge in [0.05, 0.1) is 24.8 Å². The Morgan fingerprint density at radius 2 is 1.67 bits per heavy atom. The van der Waals surface area contributed by atoms with Crippen molar-refractivity contribution in [2.24, 2.45) is 0 Å². The van der Waals surface area contributed by atoms with E-state index in [-0.39, 0.29) is 18.9 Å². The van der Waals surface area contributed by atoms with Gasteiger partial charge in [0, 0.05) is 11.3 Å². The molecule has 2 aliphatic rings. The normalized spacial score (nSPS) is 17.7. The van der Waals surface area contributed by atoms with Crippen LogP contribution in [0.15, 0.2) is 53.3 Å². The summed E-state index contributed by atoms with van der Waals surface area (Å²) in [6.45, 7) is 2.97. The predicted molar refractivity (Wildman–Crippen MR) is 101 cm³/mol. The molecule has 2 heterocycles. The number of para-hydroxylation sites is 1. The molecule has 1 unspecified atom stereocenters. The summed E-state index contributed by atoms with van der Waals surface area (Å²) in [5.41, 5.74) is -0.487. The molecule has 0 aromatic heterocycles. The van der Waals surface area contributed by atoms with Crippen molar-refractivity contribution < 1.29 is 37.0 Å². The highest BCUT2D eigenvalue weighted by atomic mass is 19.4. The number of nitrogens with zero attached hydrogens (tertiary/aromatic N) is 1. The molecule has 0 radical (unpaired) electrons. The number of halogens is 3. The average molecular weight is 421 g/mol. The molecule has 0 amide bonds. The highest BCUT2D eigenvalue weighted by Crippen LogP contribution is 2.41. The number of carbonyl (C=O) groups excluding carboxylic acids is 3. The van der Waals surface area contributed by atoms with Crippen LogP contribution in [0.4, 0.5) is 18.9 Å². The van der Waals surface area contributed by atoms with Crippen LogP contribution in [-0.2, 0) is 23.9 Å². The van der Waals surface area contributed by atoms with Crippen LogP contribution in [0, 0.1) is 0 Å². The van der Waals surface area contributed by atoms with E-state index in [0.717, 1.165) is 6.08 Å². The Hall–Kier alpha value is -3.36. The van der Waals surface area contributed by atoms with Crippen LogP contribution in [0.1, 0.15) is 19.4 Å². The molecular weight excluding hydrogens is 403 g/mol. The molecule has 0 saturated heterocycles. The van der Waals surface area contributed by atoms with E-state index < -0.39 is 41.1 Å². The second-order valence-corrected chi connectivity index (χ2v) is 6.36. The fourth-order valence-corrected chi connectivity index (χ4v) is 3.36. The van der Waals surface area contributed by atoms with Gasteiger partial charge in [0.1, 0.15) is 5.70 Å². The number of carbonyl (C=O) groups is 3. The summed E-state index contributed by atoms with van der Waals surface area (Å²) in [5.74, 6) is -4.05. The van der Waals surface area contributed by atoms with Gasteiger partial charge in [-0.05, 0) is 31.6 Å². The number of anilines is 1. The molecule has 0 spiro atoms. The number of rotatable bonds is 5. The molecule has 9 heteroatoms. The molecule has 0 fully saturated rings. The molecule has 3 rings (SSSR count). The van der Waals surface area contributed by atoms with Crippen LogP contribution < -0.4 is 4.90 Å². The molecule has 6 nitrogen and oxygen atoms in total. The second-order valence-electron chi connectivity index (χ2n) is 6.36. The van der Waals surface area contributed by atoms with Crippen LogP contribution in [0.25, 0.3) is 6.08 Å². The maximum Gasteiger partial charge on any atom is 0.454 e. The molecule has 0 aliphatic carbocycles. The van der Waals surface area contributed by atoms with E-state index in [4.69, 9.17) is 9.47 Å². The molecule has 1 aromatic rings. The lowest BCUT2D eigenvalue weighted by atomic mass is 9.88. The van der Waals surface area contributed by atoms with Crippen molar-refractivity contribution in [1.29, 1.82) is 0 Å². The van der Waals surface area contributed by atoms with Gasteiger partial charge in [-0.2, -0.15) is 13.2 Å². The molecule has 2 aliphatic heterocycles. The smallest absolute Gasteiger partial charge is 0.454 e. The molecule has 1 aromatic carbocycles. The lowest BCUT2D eigenvalue weighted by Crippen LogP contribution is -2.47. The van der Waals surface area contributed by atoms with Gasteiger partial charge >= 0.3 is 18.1 Å². The summed E-state index contributed by atoms with van der Waals surface area (Å²) < 4.78 is 49.8. The van der Waals surface area contributed by atoms with Gasteiger partial charge in [-0.3, -0.25) is 4.79 Å². The van der Waals surface area contributed by atoms with Crippen LogP contribution in [-0.4, -0.2) is 43.2 Å². The SMILES string of the molecule is CCOC(=O)C1=C(C(=O)OCC)N2c3ccccc3C=CC2C(C(=O)C(F)(F)F)=C1. The van der Waals surface area contributed by atoms with E-state index in [0.29, 0.717) is 11.3 Å². The summed E-state index contributed by atoms with van der Waals surface area (Å²) in [5, 5.41) is 0. The summed E-state index contributed by atoms with van der Waals surface area (Å²) in [7, 11) is 0. The first-order chi connectivity index (χ1) is 14.2. The number of hydrogen-bond acceptors (Lipinski definition) is 6. The van der Waals surface area contributed by atoms with Gasteiger partial charge in [-0.1, -0.05) is 30.4 Å². The van der Waals surface area contributed by atoms with Crippen molar-refractivity contribution in [2.45, 2.75) is 26.1 Å². The first kappa shape index (κ1) is 21.4. The van der Waals surface area contributed by atoms with Crippen LogP contribution in [0.5, 0.6) is 0 Å². The van der Waals surface area contributed by atoms with Crippen molar-refractivity contribution in [3.63, 3.8) is 0 Å². The third kappa shape index (κ3) is 3.74. The number of hydrogen-bond donors (Lipinski definition) is 0. The number of fused-ring (bicyclic) bond motifs is 3. The molecule has 30 heavy (non-hydrogen) atoms. The Morgan fingerprint density at radius 3 is 2.30 bits per heavy atom. The topological polar surface area (TPSA) is 72.9 Å². The first-order valence-electron chi connectivity index (χ1n) is 9.18. The Kier molecular flexibility index (Phi) is 5.82. The maximum absolute atomic E-state index is 13.3. The Balaban J connectivity index is 2.31. The van der Waals surface area contributed by atoms with E-state index in [1.807, 2.05) is 0 Å². The minimum atomic E-state index is -5.16. The zero-order valence-corrected chi connectivity index (χ0v) is 16.2. The Bertz CT molecular complexity index is 991. The van der Waals surface area contributed by atoms with E-state index >= 15 is 0 Å². The summed E-state index contributed by atoms with van der Waals surface area (Å²) in [6, 6.07) is 5.37. The molecule has 158 valence electrons. The zero-order valence-electron chi connectivity index (χ0n) is 16.2. The van der Waals surface area contributed by atoms with Crippen LogP contribution in [0.2, 0.25) is 0 Å². The van der Waals surface area contributed by atoms with Gasteiger partial charge in [0.25, 0.3) is 5.78 Å². The monoisotopic (exact) mass is 421 g/mol. The van der Waals surface area contributed by atoms with Gasteiger partial charge in [-0.25, -0.2) is 9.59 Å². The molecule has 0 saturated carbocycles. The highest BCUT2D eigenvalue weighted by molar-refractivity contribution is 6.12. The van der Waals surface area contributed by atoms with Crippen molar-refractivity contribution in [3.8, 4) is 0 Å². The van der Waals surface area contributed by atoms with Crippen molar-refractivity contribution in [3.05, 3.63) is 58.8 Å². The number of benzene rings is 1. The Labute approximate surface area is 170 Å². The third-order valence-corrected chi connectivity index (χ3v) is 4.53.